The second-order valence-electron chi connectivity index (χ2n) is 6.03. The third-order valence-electron chi connectivity index (χ3n) is 4.16. The Labute approximate surface area is 173 Å². The fraction of sp³-hybridized carbons (Fsp3) is 0. The van der Waals surface area contributed by atoms with Gasteiger partial charge in [0, 0.05) is 28.9 Å². The zero-order chi connectivity index (χ0) is 20.5. The molecule has 144 valence electrons. The molecular formula is C19H11Cl2N5O3. The number of aromatic nitrogens is 3. The summed E-state index contributed by atoms with van der Waals surface area (Å²) in [7, 11) is 0. The Bertz CT molecular complexity index is 1320. The van der Waals surface area contributed by atoms with Gasteiger partial charge in [-0.25, -0.2) is 4.98 Å². The molecule has 0 aliphatic heterocycles. The molecule has 10 heteroatoms. The first-order valence-electron chi connectivity index (χ1n) is 8.28. The van der Waals surface area contributed by atoms with Crippen molar-refractivity contribution >= 4 is 51.6 Å². The number of nitro groups is 1. The van der Waals surface area contributed by atoms with E-state index in [1.807, 2.05) is 0 Å². The van der Waals surface area contributed by atoms with Crippen LogP contribution < -0.4 is 10.9 Å². The van der Waals surface area contributed by atoms with Crippen LogP contribution in [-0.4, -0.2) is 19.9 Å². The second kappa shape index (κ2) is 7.50. The van der Waals surface area contributed by atoms with E-state index in [-0.39, 0.29) is 22.7 Å². The molecule has 0 bridgehead atoms. The fourth-order valence-electron chi connectivity index (χ4n) is 2.87. The molecule has 0 saturated carbocycles. The molecule has 2 heterocycles. The molecule has 4 aromatic rings. The van der Waals surface area contributed by atoms with Crippen molar-refractivity contribution in [3.8, 4) is 11.1 Å². The SMILES string of the molecule is O=c1[nH]c(Nc2ccc(Cl)cc2Cl)nc2nccc(-c3cccc([N+](=O)[O-])c3)c12. The van der Waals surface area contributed by atoms with Crippen molar-refractivity contribution < 1.29 is 4.92 Å². The van der Waals surface area contributed by atoms with Gasteiger partial charge in [0.25, 0.3) is 11.2 Å². The quantitative estimate of drug-likeness (QED) is 0.352. The molecule has 0 radical (unpaired) electrons. The lowest BCUT2D eigenvalue weighted by atomic mass is 10.0. The Balaban J connectivity index is 1.81. The highest BCUT2D eigenvalue weighted by molar-refractivity contribution is 6.36. The summed E-state index contributed by atoms with van der Waals surface area (Å²) >= 11 is 12.0. The topological polar surface area (TPSA) is 114 Å². The smallest absolute Gasteiger partial charge is 0.270 e. The molecule has 0 unspecified atom stereocenters. The van der Waals surface area contributed by atoms with Crippen LogP contribution in [0.4, 0.5) is 17.3 Å². The second-order valence-corrected chi connectivity index (χ2v) is 6.87. The summed E-state index contributed by atoms with van der Waals surface area (Å²) < 4.78 is 0. The molecule has 2 N–H and O–H groups in total. The van der Waals surface area contributed by atoms with E-state index in [9.17, 15) is 14.9 Å². The number of anilines is 2. The van der Waals surface area contributed by atoms with Crippen molar-refractivity contribution in [3.63, 3.8) is 0 Å². The summed E-state index contributed by atoms with van der Waals surface area (Å²) in [6.07, 6.45) is 1.49. The van der Waals surface area contributed by atoms with E-state index >= 15 is 0 Å². The van der Waals surface area contributed by atoms with E-state index in [1.54, 1.807) is 36.4 Å². The van der Waals surface area contributed by atoms with Gasteiger partial charge in [-0.2, -0.15) is 4.98 Å². The van der Waals surface area contributed by atoms with E-state index in [0.29, 0.717) is 26.9 Å². The molecule has 2 aromatic heterocycles. The summed E-state index contributed by atoms with van der Waals surface area (Å²) in [5.74, 6) is 0.149. The number of nitro benzene ring substituents is 1. The highest BCUT2D eigenvalue weighted by Crippen LogP contribution is 2.29. The van der Waals surface area contributed by atoms with Gasteiger partial charge in [-0.3, -0.25) is 19.9 Å². The van der Waals surface area contributed by atoms with Gasteiger partial charge in [0.15, 0.2) is 5.65 Å². The molecule has 0 atom stereocenters. The van der Waals surface area contributed by atoms with Crippen LogP contribution in [-0.2, 0) is 0 Å². The van der Waals surface area contributed by atoms with Crippen LogP contribution in [0.25, 0.3) is 22.2 Å². The number of hydrogen-bond donors (Lipinski definition) is 2. The number of rotatable bonds is 4. The molecule has 0 aliphatic rings. The molecule has 0 saturated heterocycles. The molecule has 2 aromatic carbocycles. The Morgan fingerprint density at radius 1 is 1.10 bits per heavy atom. The number of nitrogens with zero attached hydrogens (tertiary/aromatic N) is 3. The van der Waals surface area contributed by atoms with Gasteiger partial charge in [-0.15, -0.1) is 0 Å². The zero-order valence-corrected chi connectivity index (χ0v) is 16.0. The molecule has 0 aliphatic carbocycles. The number of non-ortho nitro benzene ring substituents is 1. The van der Waals surface area contributed by atoms with Crippen LogP contribution in [0.15, 0.2) is 59.5 Å². The number of aromatic amines is 1. The maximum Gasteiger partial charge on any atom is 0.270 e. The van der Waals surface area contributed by atoms with E-state index in [4.69, 9.17) is 23.2 Å². The normalized spacial score (nSPS) is 10.8. The number of H-pyrrole nitrogens is 1. The van der Waals surface area contributed by atoms with Crippen LogP contribution in [0.3, 0.4) is 0 Å². The third-order valence-corrected chi connectivity index (χ3v) is 4.71. The van der Waals surface area contributed by atoms with Gasteiger partial charge < -0.3 is 5.32 Å². The van der Waals surface area contributed by atoms with E-state index in [0.717, 1.165) is 0 Å². The molecule has 8 nitrogen and oxygen atoms in total. The minimum Gasteiger partial charge on any atom is -0.324 e. The molecule has 4 rings (SSSR count). The van der Waals surface area contributed by atoms with Crippen LogP contribution >= 0.6 is 23.2 Å². The maximum atomic E-state index is 12.8. The first-order valence-corrected chi connectivity index (χ1v) is 9.04. The van der Waals surface area contributed by atoms with Crippen LogP contribution in [0, 0.1) is 10.1 Å². The van der Waals surface area contributed by atoms with Gasteiger partial charge >= 0.3 is 0 Å². The monoisotopic (exact) mass is 427 g/mol. The van der Waals surface area contributed by atoms with Crippen molar-refractivity contribution in [1.82, 2.24) is 15.0 Å². The first-order chi connectivity index (χ1) is 13.9. The van der Waals surface area contributed by atoms with Crippen molar-refractivity contribution in [3.05, 3.63) is 85.2 Å². The molecule has 0 fully saturated rings. The molecule has 0 amide bonds. The Morgan fingerprint density at radius 3 is 2.69 bits per heavy atom. The predicted molar refractivity (Wildman–Crippen MR) is 112 cm³/mol. The lowest BCUT2D eigenvalue weighted by Gasteiger charge is -2.10. The lowest BCUT2D eigenvalue weighted by molar-refractivity contribution is -0.384. The van der Waals surface area contributed by atoms with Crippen molar-refractivity contribution in [2.45, 2.75) is 0 Å². The highest BCUT2D eigenvalue weighted by Gasteiger charge is 2.14. The zero-order valence-electron chi connectivity index (χ0n) is 14.5. The van der Waals surface area contributed by atoms with Crippen molar-refractivity contribution in [1.29, 1.82) is 0 Å². The number of hydrogen-bond acceptors (Lipinski definition) is 6. The first kappa shape index (κ1) is 18.9. The average Bonchev–Trinajstić information content (AvgIpc) is 2.70. The average molecular weight is 428 g/mol. The van der Waals surface area contributed by atoms with Gasteiger partial charge in [-0.05, 0) is 29.8 Å². The predicted octanol–water partition coefficient (Wildman–Crippen LogP) is 4.94. The van der Waals surface area contributed by atoms with Gasteiger partial charge in [0.05, 0.1) is 21.0 Å². The van der Waals surface area contributed by atoms with Crippen LogP contribution in [0.2, 0.25) is 10.0 Å². The Hall–Kier alpha value is -3.49. The number of nitrogens with one attached hydrogen (secondary N) is 2. The van der Waals surface area contributed by atoms with Crippen LogP contribution in [0.5, 0.6) is 0 Å². The third kappa shape index (κ3) is 3.75. The number of fused-ring (bicyclic) bond motifs is 1. The summed E-state index contributed by atoms with van der Waals surface area (Å²) in [6.45, 7) is 0. The Kier molecular flexibility index (Phi) is 4.87. The number of pyridine rings is 1. The standard InChI is InChI=1S/C19H11Cl2N5O3/c20-11-4-5-15(14(21)9-11)23-19-24-17-16(18(27)25-19)13(6-7-22-17)10-2-1-3-12(8-10)26(28)29/h1-9H,(H2,22,23,24,25,27). The van der Waals surface area contributed by atoms with Crippen molar-refractivity contribution in [2.75, 3.05) is 5.32 Å². The van der Waals surface area contributed by atoms with Gasteiger partial charge in [0.1, 0.15) is 0 Å². The summed E-state index contributed by atoms with van der Waals surface area (Å²) in [4.78, 5) is 34.5. The summed E-state index contributed by atoms with van der Waals surface area (Å²) in [5.41, 5.74) is 1.17. The van der Waals surface area contributed by atoms with Crippen molar-refractivity contribution in [2.24, 2.45) is 0 Å². The van der Waals surface area contributed by atoms with E-state index < -0.39 is 10.5 Å². The van der Waals surface area contributed by atoms with Gasteiger partial charge in [-0.1, -0.05) is 35.3 Å². The lowest BCUT2D eigenvalue weighted by Crippen LogP contribution is -2.13. The summed E-state index contributed by atoms with van der Waals surface area (Å²) in [6, 6.07) is 12.5. The molecule has 0 spiro atoms. The fourth-order valence-corrected chi connectivity index (χ4v) is 3.32. The Morgan fingerprint density at radius 2 is 1.93 bits per heavy atom. The molecule has 29 heavy (non-hydrogen) atoms. The summed E-state index contributed by atoms with van der Waals surface area (Å²) in [5, 5.41) is 15.1. The van der Waals surface area contributed by atoms with E-state index in [1.165, 1.54) is 18.3 Å². The van der Waals surface area contributed by atoms with Gasteiger partial charge in [0.2, 0.25) is 5.95 Å². The minimum atomic E-state index is -0.493. The van der Waals surface area contributed by atoms with E-state index in [2.05, 4.69) is 20.3 Å². The number of halogens is 2. The molecular weight excluding hydrogens is 417 g/mol. The van der Waals surface area contributed by atoms with Crippen LogP contribution in [0.1, 0.15) is 0 Å². The maximum absolute atomic E-state index is 12.8. The highest BCUT2D eigenvalue weighted by atomic mass is 35.5. The largest absolute Gasteiger partial charge is 0.324 e. The minimum absolute atomic E-state index is 0.0764. The number of benzene rings is 2.